The van der Waals surface area contributed by atoms with Crippen LogP contribution >= 0.6 is 0 Å². The van der Waals surface area contributed by atoms with Crippen molar-refractivity contribution in [2.45, 2.75) is 46.6 Å². The fraction of sp³-hybridized carbons (Fsp3) is 0.692. The second-order valence-electron chi connectivity index (χ2n) is 4.33. The van der Waals surface area contributed by atoms with Crippen LogP contribution in [0.3, 0.4) is 0 Å². The van der Waals surface area contributed by atoms with Gasteiger partial charge >= 0.3 is 0 Å². The lowest BCUT2D eigenvalue weighted by Gasteiger charge is -2.23. The first kappa shape index (κ1) is 13.7. The van der Waals surface area contributed by atoms with Gasteiger partial charge in [-0.2, -0.15) is 0 Å². The van der Waals surface area contributed by atoms with Crippen molar-refractivity contribution < 1.29 is 0 Å². The van der Waals surface area contributed by atoms with E-state index in [0.29, 0.717) is 12.0 Å². The molecule has 0 aliphatic rings. The molecule has 1 unspecified atom stereocenters. The molecule has 0 spiro atoms. The van der Waals surface area contributed by atoms with Gasteiger partial charge in [0.05, 0.1) is 0 Å². The monoisotopic (exact) mass is 236 g/mol. The molecule has 0 bridgehead atoms. The van der Waals surface area contributed by atoms with Gasteiger partial charge in [-0.3, -0.25) is 0 Å². The molecule has 1 aromatic heterocycles. The highest BCUT2D eigenvalue weighted by Crippen LogP contribution is 2.17. The largest absolute Gasteiger partial charge is 0.370 e. The molecular formula is C13H24N4. The predicted molar refractivity (Wildman–Crippen MR) is 73.4 cm³/mol. The third-order valence-electron chi connectivity index (χ3n) is 3.16. The second kappa shape index (κ2) is 7.09. The molecule has 0 aromatic carbocycles. The first-order valence-electron chi connectivity index (χ1n) is 6.53. The highest BCUT2D eigenvalue weighted by molar-refractivity contribution is 5.46. The van der Waals surface area contributed by atoms with Crippen LogP contribution < -0.4 is 10.6 Å². The predicted octanol–water partition coefficient (Wildman–Crippen LogP) is 3.15. The van der Waals surface area contributed by atoms with Crippen molar-refractivity contribution >= 4 is 11.6 Å². The average molecular weight is 236 g/mol. The van der Waals surface area contributed by atoms with Crippen LogP contribution in [0.4, 0.5) is 11.6 Å². The summed E-state index contributed by atoms with van der Waals surface area (Å²) in [5, 5.41) is 6.64. The summed E-state index contributed by atoms with van der Waals surface area (Å²) in [6.07, 6.45) is 3.98. The van der Waals surface area contributed by atoms with Gasteiger partial charge in [-0.25, -0.2) is 9.97 Å². The quantitative estimate of drug-likeness (QED) is 0.763. The molecule has 4 nitrogen and oxygen atoms in total. The molecule has 0 radical (unpaired) electrons. The third kappa shape index (κ3) is 4.21. The molecule has 17 heavy (non-hydrogen) atoms. The minimum atomic E-state index is 0.439. The molecule has 1 rings (SSSR count). The summed E-state index contributed by atoms with van der Waals surface area (Å²) in [5.41, 5.74) is 0. The number of rotatable bonds is 7. The van der Waals surface area contributed by atoms with Gasteiger partial charge < -0.3 is 10.6 Å². The Kier molecular flexibility index (Phi) is 5.73. The zero-order valence-corrected chi connectivity index (χ0v) is 11.3. The topological polar surface area (TPSA) is 49.8 Å². The van der Waals surface area contributed by atoms with Gasteiger partial charge in [-0.1, -0.05) is 26.7 Å². The summed E-state index contributed by atoms with van der Waals surface area (Å²) in [4.78, 5) is 8.41. The number of anilines is 2. The molecule has 0 amide bonds. The van der Waals surface area contributed by atoms with E-state index in [1.54, 1.807) is 6.33 Å². The Bertz CT molecular complexity index is 323. The van der Waals surface area contributed by atoms with Crippen molar-refractivity contribution in [3.63, 3.8) is 0 Å². The molecule has 4 heteroatoms. The first-order chi connectivity index (χ1) is 8.21. The van der Waals surface area contributed by atoms with E-state index in [0.717, 1.165) is 18.2 Å². The van der Waals surface area contributed by atoms with Crippen molar-refractivity contribution in [3.8, 4) is 0 Å². The van der Waals surface area contributed by atoms with Crippen LogP contribution in [0.5, 0.6) is 0 Å². The summed E-state index contributed by atoms with van der Waals surface area (Å²) in [6, 6.07) is 2.40. The van der Waals surface area contributed by atoms with E-state index in [2.05, 4.69) is 48.3 Å². The lowest BCUT2D eigenvalue weighted by atomic mass is 9.95. The van der Waals surface area contributed by atoms with Crippen molar-refractivity contribution in [1.82, 2.24) is 9.97 Å². The number of nitrogens with one attached hydrogen (secondary N) is 2. The molecule has 1 heterocycles. The minimum Gasteiger partial charge on any atom is -0.370 e. The number of hydrogen-bond acceptors (Lipinski definition) is 4. The fourth-order valence-corrected chi connectivity index (χ4v) is 2.06. The van der Waals surface area contributed by atoms with E-state index >= 15 is 0 Å². The SMILES string of the molecule is CCNc1cc(NC(C)C(CC)CC)ncn1. The van der Waals surface area contributed by atoms with E-state index < -0.39 is 0 Å². The third-order valence-corrected chi connectivity index (χ3v) is 3.16. The number of nitrogens with zero attached hydrogens (tertiary/aromatic N) is 2. The Hall–Kier alpha value is -1.32. The molecule has 1 aromatic rings. The lowest BCUT2D eigenvalue weighted by Crippen LogP contribution is -2.25. The Morgan fingerprint density at radius 2 is 1.76 bits per heavy atom. The summed E-state index contributed by atoms with van der Waals surface area (Å²) in [6.45, 7) is 9.61. The molecular weight excluding hydrogens is 212 g/mol. The summed E-state index contributed by atoms with van der Waals surface area (Å²) in [5.74, 6) is 2.46. The maximum Gasteiger partial charge on any atom is 0.131 e. The van der Waals surface area contributed by atoms with Crippen LogP contribution in [0.2, 0.25) is 0 Å². The normalized spacial score (nSPS) is 12.5. The molecule has 0 saturated carbocycles. The maximum atomic E-state index is 4.25. The minimum absolute atomic E-state index is 0.439. The van der Waals surface area contributed by atoms with Crippen LogP contribution in [0, 0.1) is 5.92 Å². The number of hydrogen-bond donors (Lipinski definition) is 2. The van der Waals surface area contributed by atoms with Crippen LogP contribution in [0.15, 0.2) is 12.4 Å². The molecule has 0 saturated heterocycles. The summed E-state index contributed by atoms with van der Waals surface area (Å²) >= 11 is 0. The summed E-state index contributed by atoms with van der Waals surface area (Å²) in [7, 11) is 0. The summed E-state index contributed by atoms with van der Waals surface area (Å²) < 4.78 is 0. The smallest absolute Gasteiger partial charge is 0.131 e. The Balaban J connectivity index is 2.63. The molecule has 1 atom stereocenters. The van der Waals surface area contributed by atoms with Gasteiger partial charge in [-0.15, -0.1) is 0 Å². The van der Waals surface area contributed by atoms with Gasteiger partial charge in [0.2, 0.25) is 0 Å². The van der Waals surface area contributed by atoms with Crippen molar-refractivity contribution in [2.24, 2.45) is 5.92 Å². The Morgan fingerprint density at radius 3 is 2.35 bits per heavy atom. The maximum absolute atomic E-state index is 4.25. The number of aromatic nitrogens is 2. The van der Waals surface area contributed by atoms with Crippen LogP contribution in [0.25, 0.3) is 0 Å². The van der Waals surface area contributed by atoms with Crippen molar-refractivity contribution in [1.29, 1.82) is 0 Å². The Morgan fingerprint density at radius 1 is 1.12 bits per heavy atom. The molecule has 0 aliphatic heterocycles. The van der Waals surface area contributed by atoms with E-state index in [1.165, 1.54) is 12.8 Å². The van der Waals surface area contributed by atoms with E-state index in [1.807, 2.05) is 6.07 Å². The van der Waals surface area contributed by atoms with Crippen molar-refractivity contribution in [2.75, 3.05) is 17.2 Å². The van der Waals surface area contributed by atoms with Crippen LogP contribution in [-0.4, -0.2) is 22.6 Å². The van der Waals surface area contributed by atoms with Crippen LogP contribution in [0.1, 0.15) is 40.5 Å². The highest BCUT2D eigenvalue weighted by atomic mass is 15.1. The zero-order valence-electron chi connectivity index (χ0n) is 11.3. The standard InChI is InChI=1S/C13H24N4/c1-5-11(6-2)10(4)17-13-8-12(14-7-3)15-9-16-13/h8-11H,5-7H2,1-4H3,(H2,14,15,16,17). The average Bonchev–Trinajstić information content (AvgIpc) is 2.31. The molecule has 96 valence electrons. The second-order valence-corrected chi connectivity index (χ2v) is 4.33. The fourth-order valence-electron chi connectivity index (χ4n) is 2.06. The van der Waals surface area contributed by atoms with Crippen molar-refractivity contribution in [3.05, 3.63) is 12.4 Å². The highest BCUT2D eigenvalue weighted by Gasteiger charge is 2.13. The lowest BCUT2D eigenvalue weighted by molar-refractivity contribution is 0.437. The molecule has 2 N–H and O–H groups in total. The molecule has 0 aliphatic carbocycles. The first-order valence-corrected chi connectivity index (χ1v) is 6.53. The van der Waals surface area contributed by atoms with E-state index in [4.69, 9.17) is 0 Å². The van der Waals surface area contributed by atoms with Crippen LogP contribution in [-0.2, 0) is 0 Å². The van der Waals surface area contributed by atoms with Gasteiger partial charge in [-0.05, 0) is 19.8 Å². The zero-order chi connectivity index (χ0) is 12.7. The van der Waals surface area contributed by atoms with E-state index in [9.17, 15) is 0 Å². The van der Waals surface area contributed by atoms with Gasteiger partial charge in [0, 0.05) is 18.7 Å². The Labute approximate surface area is 104 Å². The van der Waals surface area contributed by atoms with Gasteiger partial charge in [0.15, 0.2) is 0 Å². The molecule has 0 fully saturated rings. The van der Waals surface area contributed by atoms with Gasteiger partial charge in [0.25, 0.3) is 0 Å². The van der Waals surface area contributed by atoms with E-state index in [-0.39, 0.29) is 0 Å². The van der Waals surface area contributed by atoms with Gasteiger partial charge in [0.1, 0.15) is 18.0 Å².